The monoisotopic (exact) mass is 258 g/mol. The van der Waals surface area contributed by atoms with E-state index in [0.29, 0.717) is 0 Å². The maximum absolute atomic E-state index is 11.1. The van der Waals surface area contributed by atoms with E-state index in [0.717, 1.165) is 32.1 Å². The second kappa shape index (κ2) is 12.9. The molecule has 0 aromatic heterocycles. The zero-order valence-electron chi connectivity index (χ0n) is 13.6. The molecule has 3 nitrogen and oxygen atoms in total. The molecule has 1 amide bonds. The van der Waals surface area contributed by atoms with Crippen LogP contribution in [0.3, 0.4) is 0 Å². The molecule has 1 aliphatic heterocycles. The molecule has 110 valence electrons. The lowest BCUT2D eigenvalue weighted by Gasteiger charge is -2.34. The SMILES string of the molecule is CC.CC.CC(=O)N1CCN(CCC(C)C)CC1. The van der Waals surface area contributed by atoms with Crippen molar-refractivity contribution in [3.8, 4) is 0 Å². The minimum absolute atomic E-state index is 0.216. The topological polar surface area (TPSA) is 23.6 Å². The maximum atomic E-state index is 11.1. The van der Waals surface area contributed by atoms with Crippen molar-refractivity contribution in [1.29, 1.82) is 0 Å². The van der Waals surface area contributed by atoms with Crippen molar-refractivity contribution in [3.05, 3.63) is 0 Å². The third kappa shape index (κ3) is 9.46. The Labute approximate surface area is 115 Å². The van der Waals surface area contributed by atoms with Gasteiger partial charge in [0.2, 0.25) is 5.91 Å². The molecule has 1 rings (SSSR count). The van der Waals surface area contributed by atoms with Crippen molar-refractivity contribution >= 4 is 5.91 Å². The van der Waals surface area contributed by atoms with Gasteiger partial charge in [-0.25, -0.2) is 0 Å². The summed E-state index contributed by atoms with van der Waals surface area (Å²) in [6, 6.07) is 0. The van der Waals surface area contributed by atoms with Crippen LogP contribution in [0, 0.1) is 5.92 Å². The van der Waals surface area contributed by atoms with Gasteiger partial charge in [-0.1, -0.05) is 41.5 Å². The van der Waals surface area contributed by atoms with Crippen molar-refractivity contribution in [2.45, 2.75) is 54.9 Å². The fourth-order valence-electron chi connectivity index (χ4n) is 1.73. The Morgan fingerprint density at radius 3 is 1.78 bits per heavy atom. The number of amides is 1. The largest absolute Gasteiger partial charge is 0.340 e. The van der Waals surface area contributed by atoms with Crippen molar-refractivity contribution in [3.63, 3.8) is 0 Å². The standard InChI is InChI=1S/C11H22N2O.2C2H6/c1-10(2)4-5-12-6-8-13(9-7-12)11(3)14;2*1-2/h10H,4-9H2,1-3H3;2*1-2H3. The summed E-state index contributed by atoms with van der Waals surface area (Å²) < 4.78 is 0. The summed E-state index contributed by atoms with van der Waals surface area (Å²) in [4.78, 5) is 15.5. The van der Waals surface area contributed by atoms with Crippen LogP contribution in [0.15, 0.2) is 0 Å². The van der Waals surface area contributed by atoms with Gasteiger partial charge in [-0.05, 0) is 18.9 Å². The molecule has 0 unspecified atom stereocenters. The summed E-state index contributed by atoms with van der Waals surface area (Å²) in [5.41, 5.74) is 0. The van der Waals surface area contributed by atoms with Crippen LogP contribution in [0.2, 0.25) is 0 Å². The van der Waals surface area contributed by atoms with Gasteiger partial charge in [0.15, 0.2) is 0 Å². The van der Waals surface area contributed by atoms with Crippen LogP contribution in [-0.2, 0) is 4.79 Å². The van der Waals surface area contributed by atoms with Crippen LogP contribution < -0.4 is 0 Å². The van der Waals surface area contributed by atoms with E-state index < -0.39 is 0 Å². The summed E-state index contributed by atoms with van der Waals surface area (Å²) in [5.74, 6) is 0.995. The molecule has 3 heteroatoms. The van der Waals surface area contributed by atoms with E-state index in [9.17, 15) is 4.79 Å². The maximum Gasteiger partial charge on any atom is 0.219 e. The van der Waals surface area contributed by atoms with E-state index >= 15 is 0 Å². The number of hydrogen-bond donors (Lipinski definition) is 0. The molecule has 0 bridgehead atoms. The van der Waals surface area contributed by atoms with Crippen LogP contribution in [0.25, 0.3) is 0 Å². The van der Waals surface area contributed by atoms with E-state index in [-0.39, 0.29) is 5.91 Å². The first kappa shape index (κ1) is 19.8. The number of nitrogens with zero attached hydrogens (tertiary/aromatic N) is 2. The van der Waals surface area contributed by atoms with Crippen LogP contribution in [0.5, 0.6) is 0 Å². The van der Waals surface area contributed by atoms with E-state index in [1.807, 2.05) is 32.6 Å². The summed E-state index contributed by atoms with van der Waals surface area (Å²) in [6.07, 6.45) is 1.26. The summed E-state index contributed by atoms with van der Waals surface area (Å²) >= 11 is 0. The molecule has 0 atom stereocenters. The first-order chi connectivity index (χ1) is 8.59. The normalized spacial score (nSPS) is 15.4. The Bertz CT molecular complexity index is 185. The van der Waals surface area contributed by atoms with Crippen LogP contribution in [0.4, 0.5) is 0 Å². The Morgan fingerprint density at radius 1 is 1.00 bits per heavy atom. The predicted octanol–water partition coefficient (Wildman–Crippen LogP) is 3.25. The van der Waals surface area contributed by atoms with Crippen molar-refractivity contribution in [2.75, 3.05) is 32.7 Å². The van der Waals surface area contributed by atoms with Crippen molar-refractivity contribution < 1.29 is 4.79 Å². The van der Waals surface area contributed by atoms with Gasteiger partial charge in [0.25, 0.3) is 0 Å². The summed E-state index contributed by atoms with van der Waals surface area (Å²) in [7, 11) is 0. The number of carbonyl (C=O) groups excluding carboxylic acids is 1. The molecule has 1 fully saturated rings. The summed E-state index contributed by atoms with van der Waals surface area (Å²) in [5, 5.41) is 0. The second-order valence-electron chi connectivity index (χ2n) is 4.53. The van der Waals surface area contributed by atoms with E-state index in [4.69, 9.17) is 0 Å². The van der Waals surface area contributed by atoms with Gasteiger partial charge in [-0.3, -0.25) is 9.69 Å². The molecule has 0 N–H and O–H groups in total. The molecule has 0 radical (unpaired) electrons. The van der Waals surface area contributed by atoms with Crippen LogP contribution >= 0.6 is 0 Å². The van der Waals surface area contributed by atoms with Gasteiger partial charge >= 0.3 is 0 Å². The minimum Gasteiger partial charge on any atom is -0.340 e. The molecule has 0 saturated carbocycles. The van der Waals surface area contributed by atoms with Gasteiger partial charge in [-0.2, -0.15) is 0 Å². The molecule has 1 saturated heterocycles. The third-order valence-corrected chi connectivity index (χ3v) is 2.84. The number of carbonyl (C=O) groups is 1. The van der Waals surface area contributed by atoms with E-state index in [1.165, 1.54) is 13.0 Å². The number of rotatable bonds is 3. The average Bonchev–Trinajstić information content (AvgIpc) is 2.41. The number of piperazine rings is 1. The average molecular weight is 258 g/mol. The van der Waals surface area contributed by atoms with Crippen molar-refractivity contribution in [1.82, 2.24) is 9.80 Å². The fraction of sp³-hybridized carbons (Fsp3) is 0.933. The molecule has 1 heterocycles. The first-order valence-electron chi connectivity index (χ1n) is 7.57. The lowest BCUT2D eigenvalue weighted by atomic mass is 10.1. The second-order valence-corrected chi connectivity index (χ2v) is 4.53. The highest BCUT2D eigenvalue weighted by molar-refractivity contribution is 5.73. The molecule has 0 aliphatic carbocycles. The Hall–Kier alpha value is -0.570. The van der Waals surface area contributed by atoms with Crippen molar-refractivity contribution in [2.24, 2.45) is 5.92 Å². The zero-order valence-corrected chi connectivity index (χ0v) is 13.6. The molecular formula is C15H34N2O. The van der Waals surface area contributed by atoms with Gasteiger partial charge in [0, 0.05) is 33.1 Å². The van der Waals surface area contributed by atoms with Crippen LogP contribution in [0.1, 0.15) is 54.9 Å². The third-order valence-electron chi connectivity index (χ3n) is 2.84. The molecule has 0 aromatic carbocycles. The smallest absolute Gasteiger partial charge is 0.219 e. The van der Waals surface area contributed by atoms with Gasteiger partial charge in [-0.15, -0.1) is 0 Å². The highest BCUT2D eigenvalue weighted by Crippen LogP contribution is 2.06. The molecule has 0 aromatic rings. The van der Waals surface area contributed by atoms with Gasteiger partial charge < -0.3 is 4.90 Å². The molecular weight excluding hydrogens is 224 g/mol. The Balaban J connectivity index is 0. The first-order valence-corrected chi connectivity index (χ1v) is 7.57. The van der Waals surface area contributed by atoms with Crippen LogP contribution in [-0.4, -0.2) is 48.4 Å². The quantitative estimate of drug-likeness (QED) is 0.776. The lowest BCUT2D eigenvalue weighted by molar-refractivity contribution is -0.130. The van der Waals surface area contributed by atoms with Gasteiger partial charge in [0.1, 0.15) is 0 Å². The Morgan fingerprint density at radius 2 is 1.44 bits per heavy atom. The molecule has 1 aliphatic rings. The lowest BCUT2D eigenvalue weighted by Crippen LogP contribution is -2.48. The van der Waals surface area contributed by atoms with Gasteiger partial charge in [0.05, 0.1) is 0 Å². The molecule has 18 heavy (non-hydrogen) atoms. The summed E-state index contributed by atoms with van der Waals surface area (Å²) in [6.45, 7) is 19.3. The fourth-order valence-corrected chi connectivity index (χ4v) is 1.73. The molecule has 0 spiro atoms. The highest BCUT2D eigenvalue weighted by atomic mass is 16.2. The Kier molecular flexibility index (Phi) is 14.1. The van der Waals surface area contributed by atoms with E-state index in [1.54, 1.807) is 6.92 Å². The zero-order chi connectivity index (χ0) is 14.6. The predicted molar refractivity (Wildman–Crippen MR) is 80.8 cm³/mol. The highest BCUT2D eigenvalue weighted by Gasteiger charge is 2.17. The van der Waals surface area contributed by atoms with E-state index in [2.05, 4.69) is 18.7 Å². The number of hydrogen-bond acceptors (Lipinski definition) is 2. The minimum atomic E-state index is 0.216.